The lowest BCUT2D eigenvalue weighted by Gasteiger charge is -2.24. The van der Waals surface area contributed by atoms with Crippen LogP contribution in [0.4, 0.5) is 0 Å². The Morgan fingerprint density at radius 2 is 1.96 bits per heavy atom. The zero-order valence-corrected chi connectivity index (χ0v) is 14.6. The van der Waals surface area contributed by atoms with Crippen molar-refractivity contribution in [1.82, 2.24) is 10.2 Å². The molecule has 1 aliphatic carbocycles. The van der Waals surface area contributed by atoms with E-state index in [1.165, 1.54) is 31.5 Å². The number of likely N-dealkylation sites (tertiary alicyclic amines) is 1. The average molecular weight is 316 g/mol. The van der Waals surface area contributed by atoms with Crippen LogP contribution in [-0.4, -0.2) is 41.8 Å². The lowest BCUT2D eigenvalue weighted by molar-refractivity contribution is 0.161. The van der Waals surface area contributed by atoms with Crippen molar-refractivity contribution in [2.45, 2.75) is 51.8 Å². The van der Waals surface area contributed by atoms with Crippen molar-refractivity contribution in [1.29, 1.82) is 0 Å². The first kappa shape index (κ1) is 16.9. The van der Waals surface area contributed by atoms with Gasteiger partial charge in [0.25, 0.3) is 0 Å². The van der Waals surface area contributed by atoms with E-state index in [0.29, 0.717) is 12.0 Å². The van der Waals surface area contributed by atoms with Crippen LogP contribution >= 0.6 is 0 Å². The second kappa shape index (κ2) is 7.78. The van der Waals surface area contributed by atoms with E-state index in [0.717, 1.165) is 31.3 Å². The van der Waals surface area contributed by atoms with Crippen molar-refractivity contribution in [3.63, 3.8) is 0 Å². The van der Waals surface area contributed by atoms with Crippen molar-refractivity contribution in [3.8, 4) is 0 Å². The van der Waals surface area contributed by atoms with Crippen LogP contribution in [0, 0.1) is 17.8 Å². The van der Waals surface area contributed by atoms with Crippen LogP contribution in [0.1, 0.15) is 38.7 Å². The fourth-order valence-corrected chi connectivity index (χ4v) is 4.60. The van der Waals surface area contributed by atoms with Gasteiger partial charge in [0.15, 0.2) is 0 Å². The Bertz CT molecular complexity index is 476. The lowest BCUT2D eigenvalue weighted by Crippen LogP contribution is -2.38. The summed E-state index contributed by atoms with van der Waals surface area (Å²) in [7, 11) is 0. The van der Waals surface area contributed by atoms with Gasteiger partial charge >= 0.3 is 0 Å². The fraction of sp³-hybridized carbons (Fsp3) is 0.700. The van der Waals surface area contributed by atoms with Gasteiger partial charge in [-0.1, -0.05) is 37.3 Å². The van der Waals surface area contributed by atoms with Gasteiger partial charge in [0.2, 0.25) is 0 Å². The molecule has 3 nitrogen and oxygen atoms in total. The van der Waals surface area contributed by atoms with Crippen molar-refractivity contribution < 1.29 is 5.11 Å². The minimum Gasteiger partial charge on any atom is -0.393 e. The highest BCUT2D eigenvalue weighted by atomic mass is 16.3. The first-order valence-electron chi connectivity index (χ1n) is 9.29. The van der Waals surface area contributed by atoms with Gasteiger partial charge < -0.3 is 10.4 Å². The van der Waals surface area contributed by atoms with Crippen molar-refractivity contribution in [3.05, 3.63) is 35.9 Å². The Labute approximate surface area is 141 Å². The van der Waals surface area contributed by atoms with Crippen molar-refractivity contribution >= 4 is 0 Å². The van der Waals surface area contributed by atoms with E-state index in [9.17, 15) is 5.11 Å². The molecule has 0 amide bonds. The molecule has 1 aliphatic heterocycles. The van der Waals surface area contributed by atoms with Gasteiger partial charge in [0.05, 0.1) is 6.10 Å². The maximum atomic E-state index is 9.51. The molecular formula is C20H32N2O. The van der Waals surface area contributed by atoms with Gasteiger partial charge in [-0.15, -0.1) is 0 Å². The third kappa shape index (κ3) is 4.56. The number of fused-ring (bicyclic) bond motifs is 1. The monoisotopic (exact) mass is 316 g/mol. The van der Waals surface area contributed by atoms with Crippen LogP contribution in [0.5, 0.6) is 0 Å². The van der Waals surface area contributed by atoms with Gasteiger partial charge in [-0.05, 0) is 56.0 Å². The van der Waals surface area contributed by atoms with E-state index in [1.54, 1.807) is 0 Å². The summed E-state index contributed by atoms with van der Waals surface area (Å²) in [5, 5.41) is 13.3. The molecule has 5 unspecified atom stereocenters. The summed E-state index contributed by atoms with van der Waals surface area (Å²) in [6.45, 7) is 8.77. The molecule has 3 heteroatoms. The van der Waals surface area contributed by atoms with E-state index in [-0.39, 0.29) is 6.10 Å². The Morgan fingerprint density at radius 3 is 2.70 bits per heavy atom. The number of nitrogens with zero attached hydrogens (tertiary/aromatic N) is 1. The van der Waals surface area contributed by atoms with Crippen LogP contribution in [0.25, 0.3) is 0 Å². The first-order chi connectivity index (χ1) is 11.1. The molecule has 1 heterocycles. The Balaban J connectivity index is 1.47. The number of benzene rings is 1. The summed E-state index contributed by atoms with van der Waals surface area (Å²) in [5.74, 6) is 2.25. The molecule has 23 heavy (non-hydrogen) atoms. The maximum absolute atomic E-state index is 9.51. The number of hydrogen-bond acceptors (Lipinski definition) is 3. The average Bonchev–Trinajstić information content (AvgIpc) is 3.06. The predicted molar refractivity (Wildman–Crippen MR) is 95.2 cm³/mol. The van der Waals surface area contributed by atoms with Crippen LogP contribution < -0.4 is 5.32 Å². The van der Waals surface area contributed by atoms with Crippen LogP contribution in [0.15, 0.2) is 30.3 Å². The Hall–Kier alpha value is -0.900. The predicted octanol–water partition coefficient (Wildman–Crippen LogP) is 2.89. The smallest absolute Gasteiger partial charge is 0.0515 e. The zero-order chi connectivity index (χ0) is 16.2. The lowest BCUT2D eigenvalue weighted by atomic mass is 9.97. The second-order valence-electron chi connectivity index (χ2n) is 7.89. The van der Waals surface area contributed by atoms with Crippen LogP contribution in [0.3, 0.4) is 0 Å². The molecule has 2 fully saturated rings. The third-order valence-electron chi connectivity index (χ3n) is 5.65. The standard InChI is InChI=1S/C20H32N2O/c1-15(10-16(2)23)11-21-20-9-8-18-13-22(14-19(18)20)12-17-6-4-3-5-7-17/h3-7,15-16,18-21,23H,8-14H2,1-2H3. The third-order valence-corrected chi connectivity index (χ3v) is 5.65. The molecule has 0 radical (unpaired) electrons. The molecule has 1 saturated heterocycles. The highest BCUT2D eigenvalue weighted by Gasteiger charge is 2.42. The topological polar surface area (TPSA) is 35.5 Å². The van der Waals surface area contributed by atoms with E-state index in [2.05, 4.69) is 47.5 Å². The van der Waals surface area contributed by atoms with Gasteiger partial charge in [-0.25, -0.2) is 0 Å². The van der Waals surface area contributed by atoms with Crippen molar-refractivity contribution in [2.75, 3.05) is 19.6 Å². The van der Waals surface area contributed by atoms with Crippen molar-refractivity contribution in [2.24, 2.45) is 17.8 Å². The highest BCUT2D eigenvalue weighted by molar-refractivity contribution is 5.15. The van der Waals surface area contributed by atoms with Crippen LogP contribution in [0.2, 0.25) is 0 Å². The summed E-state index contributed by atoms with van der Waals surface area (Å²) >= 11 is 0. The SMILES string of the molecule is CC(O)CC(C)CNC1CCC2CN(Cc3ccccc3)CC21. The van der Waals surface area contributed by atoms with Crippen LogP contribution in [-0.2, 0) is 6.54 Å². The largest absolute Gasteiger partial charge is 0.393 e. The molecule has 1 aromatic carbocycles. The number of hydrogen-bond donors (Lipinski definition) is 2. The molecule has 0 spiro atoms. The summed E-state index contributed by atoms with van der Waals surface area (Å²) in [6.07, 6.45) is 3.42. The van der Waals surface area contributed by atoms with E-state index in [4.69, 9.17) is 0 Å². The molecule has 2 N–H and O–H groups in total. The molecule has 0 bridgehead atoms. The van der Waals surface area contributed by atoms with Gasteiger partial charge in [0.1, 0.15) is 0 Å². The molecule has 0 aromatic heterocycles. The minimum absolute atomic E-state index is 0.184. The summed E-state index contributed by atoms with van der Waals surface area (Å²) < 4.78 is 0. The Kier molecular flexibility index (Phi) is 5.73. The summed E-state index contributed by atoms with van der Waals surface area (Å²) in [5.41, 5.74) is 1.43. The molecule has 3 rings (SSSR count). The summed E-state index contributed by atoms with van der Waals surface area (Å²) in [6, 6.07) is 11.5. The molecule has 1 saturated carbocycles. The Morgan fingerprint density at radius 1 is 1.17 bits per heavy atom. The van der Waals surface area contributed by atoms with E-state index < -0.39 is 0 Å². The first-order valence-corrected chi connectivity index (χ1v) is 9.29. The highest BCUT2D eigenvalue weighted by Crippen LogP contribution is 2.38. The zero-order valence-electron chi connectivity index (χ0n) is 14.6. The van der Waals surface area contributed by atoms with E-state index in [1.807, 2.05) is 6.92 Å². The maximum Gasteiger partial charge on any atom is 0.0515 e. The molecule has 128 valence electrons. The number of nitrogens with one attached hydrogen (secondary N) is 1. The molecule has 5 atom stereocenters. The van der Waals surface area contributed by atoms with Gasteiger partial charge in [0, 0.05) is 25.7 Å². The normalized spacial score (nSPS) is 30.3. The molecular weight excluding hydrogens is 284 g/mol. The fourth-order valence-electron chi connectivity index (χ4n) is 4.60. The van der Waals surface area contributed by atoms with Gasteiger partial charge in [-0.2, -0.15) is 0 Å². The quantitative estimate of drug-likeness (QED) is 0.812. The number of aliphatic hydroxyl groups is 1. The van der Waals surface area contributed by atoms with Gasteiger partial charge in [-0.3, -0.25) is 4.90 Å². The summed E-state index contributed by atoms with van der Waals surface area (Å²) in [4.78, 5) is 2.64. The second-order valence-corrected chi connectivity index (χ2v) is 7.89. The number of aliphatic hydroxyl groups excluding tert-OH is 1. The van der Waals surface area contributed by atoms with E-state index >= 15 is 0 Å². The molecule has 2 aliphatic rings. The molecule has 1 aromatic rings. The minimum atomic E-state index is -0.184. The number of rotatable bonds is 7.